The third-order valence-electron chi connectivity index (χ3n) is 4.85. The van der Waals surface area contributed by atoms with Crippen LogP contribution in [0.15, 0.2) is 26.9 Å². The molecule has 0 atom stereocenters. The van der Waals surface area contributed by atoms with Crippen LogP contribution < -0.4 is 4.90 Å². The number of anilines is 1. The van der Waals surface area contributed by atoms with Crippen LogP contribution in [-0.2, 0) is 9.78 Å². The van der Waals surface area contributed by atoms with Gasteiger partial charge < -0.3 is 4.90 Å². The van der Waals surface area contributed by atoms with Crippen LogP contribution >= 0.6 is 34.6 Å². The van der Waals surface area contributed by atoms with Gasteiger partial charge in [-0.25, -0.2) is 14.8 Å². The maximum Gasteiger partial charge on any atom is 0.250 e. The molecule has 0 unspecified atom stereocenters. The molecule has 2 heterocycles. The van der Waals surface area contributed by atoms with E-state index in [-0.39, 0.29) is 6.61 Å². The Morgan fingerprint density at radius 1 is 1.20 bits per heavy atom. The Bertz CT molecular complexity index is 843. The molecule has 30 heavy (non-hydrogen) atoms. The minimum absolute atomic E-state index is 0.275. The molecule has 11 heteroatoms. The predicted octanol–water partition coefficient (Wildman–Crippen LogP) is 6.49. The molecule has 0 radical (unpaired) electrons. The molecule has 8 nitrogen and oxygen atoms in total. The van der Waals surface area contributed by atoms with Gasteiger partial charge in [-0.2, -0.15) is 9.36 Å². The molecule has 0 bridgehead atoms. The van der Waals surface area contributed by atoms with Crippen LogP contribution in [0.2, 0.25) is 0 Å². The van der Waals surface area contributed by atoms with Gasteiger partial charge in [0, 0.05) is 35.4 Å². The lowest BCUT2D eigenvalue weighted by Crippen LogP contribution is -2.21. The second-order valence-corrected chi connectivity index (χ2v) is 9.66. The van der Waals surface area contributed by atoms with Crippen molar-refractivity contribution in [3.63, 3.8) is 0 Å². The topological polar surface area (TPSA) is 85.1 Å². The lowest BCUT2D eigenvalue weighted by Gasteiger charge is -2.20. The maximum absolute atomic E-state index is 4.98. The molecule has 2 aromatic heterocycles. The highest BCUT2D eigenvalue weighted by atomic mass is 32.2. The van der Waals surface area contributed by atoms with E-state index < -0.39 is 0 Å². The Morgan fingerprint density at radius 3 is 2.67 bits per heavy atom. The van der Waals surface area contributed by atoms with Crippen molar-refractivity contribution in [3.05, 3.63) is 17.2 Å². The van der Waals surface area contributed by atoms with Crippen LogP contribution in [0.25, 0.3) is 0 Å². The largest absolute Gasteiger partial charge is 0.349 e. The van der Waals surface area contributed by atoms with E-state index in [9.17, 15) is 0 Å². The van der Waals surface area contributed by atoms with Crippen molar-refractivity contribution in [1.82, 2.24) is 14.3 Å². The van der Waals surface area contributed by atoms with Gasteiger partial charge in [0.1, 0.15) is 6.61 Å². The number of thioether (sulfide) groups is 1. The summed E-state index contributed by atoms with van der Waals surface area (Å²) in [5.74, 6) is 0.470. The van der Waals surface area contributed by atoms with Crippen LogP contribution in [0.5, 0.6) is 0 Å². The molecular weight excluding hydrogens is 440 g/mol. The van der Waals surface area contributed by atoms with Crippen molar-refractivity contribution >= 4 is 49.9 Å². The van der Waals surface area contributed by atoms with Crippen molar-refractivity contribution < 1.29 is 9.78 Å². The van der Waals surface area contributed by atoms with E-state index in [1.165, 1.54) is 62.5 Å². The zero-order chi connectivity index (χ0) is 21.3. The average Bonchev–Trinajstić information content (AvgIpc) is 3.39. The molecule has 3 rings (SSSR count). The number of hydrogen-bond acceptors (Lipinski definition) is 11. The van der Waals surface area contributed by atoms with Gasteiger partial charge in [0.2, 0.25) is 10.3 Å². The Kier molecular flexibility index (Phi) is 9.19. The molecule has 0 spiro atoms. The first kappa shape index (κ1) is 23.3. The van der Waals surface area contributed by atoms with Gasteiger partial charge >= 0.3 is 0 Å². The smallest absolute Gasteiger partial charge is 0.250 e. The minimum Gasteiger partial charge on any atom is -0.349 e. The molecular formula is C19H28N6O2S3. The normalized spacial score (nSPS) is 15.2. The van der Waals surface area contributed by atoms with Crippen molar-refractivity contribution in [2.24, 2.45) is 10.2 Å². The highest BCUT2D eigenvalue weighted by Crippen LogP contribution is 2.43. The zero-order valence-corrected chi connectivity index (χ0v) is 20.1. The van der Waals surface area contributed by atoms with Crippen molar-refractivity contribution in [3.8, 4) is 0 Å². The quantitative estimate of drug-likeness (QED) is 0.161. The molecule has 0 amide bonds. The summed E-state index contributed by atoms with van der Waals surface area (Å²) in [6, 6.07) is 0. The molecule has 1 fully saturated rings. The number of azo groups is 1. The monoisotopic (exact) mass is 468 g/mol. The first-order valence-electron chi connectivity index (χ1n) is 10.2. The Labute approximate surface area is 189 Å². The summed E-state index contributed by atoms with van der Waals surface area (Å²) in [7, 11) is 1.46. The van der Waals surface area contributed by atoms with E-state index in [1.54, 1.807) is 11.3 Å². The maximum atomic E-state index is 4.98. The highest BCUT2D eigenvalue weighted by Gasteiger charge is 2.24. The number of nitrogens with zero attached hydrogens (tertiary/aromatic N) is 6. The van der Waals surface area contributed by atoms with E-state index in [0.29, 0.717) is 16.2 Å². The van der Waals surface area contributed by atoms with Crippen LogP contribution in [0.3, 0.4) is 0 Å². The summed E-state index contributed by atoms with van der Waals surface area (Å²) in [6.45, 7) is 10.3. The van der Waals surface area contributed by atoms with E-state index in [1.807, 2.05) is 0 Å². The number of thiazole rings is 1. The molecule has 1 aliphatic carbocycles. The summed E-state index contributed by atoms with van der Waals surface area (Å²) >= 11 is 4.17. The lowest BCUT2D eigenvalue weighted by atomic mass is 9.87. The van der Waals surface area contributed by atoms with Crippen LogP contribution in [-0.4, -0.2) is 41.1 Å². The van der Waals surface area contributed by atoms with Gasteiger partial charge in [-0.1, -0.05) is 48.9 Å². The molecule has 0 N–H and O–H groups in total. The zero-order valence-electron chi connectivity index (χ0n) is 17.7. The molecule has 164 valence electrons. The van der Waals surface area contributed by atoms with Gasteiger partial charge in [-0.15, -0.1) is 10.2 Å². The van der Waals surface area contributed by atoms with E-state index in [4.69, 9.17) is 9.87 Å². The fourth-order valence-electron chi connectivity index (χ4n) is 3.31. The van der Waals surface area contributed by atoms with Crippen molar-refractivity contribution in [2.75, 3.05) is 31.7 Å². The summed E-state index contributed by atoms with van der Waals surface area (Å²) < 4.78 is 4.31. The first-order valence-corrected chi connectivity index (χ1v) is 12.6. The molecule has 0 aliphatic heterocycles. The number of aromatic nitrogens is 3. The van der Waals surface area contributed by atoms with E-state index >= 15 is 0 Å². The fourth-order valence-corrected chi connectivity index (χ4v) is 5.64. The molecule has 1 saturated carbocycles. The fraction of sp³-hybridized carbons (Fsp3) is 0.632. The SMILES string of the molecule is C=C(COOC)Sc1nsc(N=Nc2sc(N(CC)CC)nc2C2CCCCC2)n1. The van der Waals surface area contributed by atoms with Crippen LogP contribution in [0.1, 0.15) is 57.6 Å². The summed E-state index contributed by atoms with van der Waals surface area (Å²) in [5.41, 5.74) is 1.09. The van der Waals surface area contributed by atoms with Crippen molar-refractivity contribution in [1.29, 1.82) is 0 Å². The molecule has 0 aromatic carbocycles. The molecule has 2 aromatic rings. The van der Waals surface area contributed by atoms with Gasteiger partial charge in [0.15, 0.2) is 10.1 Å². The standard InChI is InChI=1S/C19H28N6O2S3/c1-5-25(6-2)19-20-15(14-10-8-7-9-11-14)16(29-19)22-23-17-21-18(24-30-17)28-13(3)12-27-26-4/h14H,3,5-12H2,1-2,4H3. The molecule has 1 aliphatic rings. The minimum atomic E-state index is 0.275. The third kappa shape index (κ3) is 6.30. The number of hydrogen-bond donors (Lipinski definition) is 0. The third-order valence-corrected chi connectivity index (χ3v) is 7.35. The van der Waals surface area contributed by atoms with Crippen LogP contribution in [0, 0.1) is 0 Å². The second kappa shape index (κ2) is 11.8. The molecule has 0 saturated heterocycles. The van der Waals surface area contributed by atoms with Crippen LogP contribution in [0.4, 0.5) is 15.3 Å². The lowest BCUT2D eigenvalue weighted by molar-refractivity contribution is -0.263. The van der Waals surface area contributed by atoms with Crippen molar-refractivity contribution in [2.45, 2.75) is 57.0 Å². The number of rotatable bonds is 11. The Hall–Kier alpha value is -1.40. The van der Waals surface area contributed by atoms with E-state index in [2.05, 4.69) is 49.8 Å². The second-order valence-electron chi connectivity index (χ2n) is 6.82. The Balaban J connectivity index is 1.76. The van der Waals surface area contributed by atoms with Gasteiger partial charge in [0.05, 0.1) is 12.8 Å². The van der Waals surface area contributed by atoms with Gasteiger partial charge in [-0.05, 0) is 26.7 Å². The first-order chi connectivity index (χ1) is 14.6. The van der Waals surface area contributed by atoms with Gasteiger partial charge in [0.25, 0.3) is 0 Å². The predicted molar refractivity (Wildman–Crippen MR) is 124 cm³/mol. The summed E-state index contributed by atoms with van der Waals surface area (Å²) in [4.78, 5) is 21.9. The van der Waals surface area contributed by atoms with Gasteiger partial charge in [-0.3, -0.25) is 0 Å². The summed E-state index contributed by atoms with van der Waals surface area (Å²) in [6.07, 6.45) is 6.18. The Morgan fingerprint density at radius 2 is 1.97 bits per heavy atom. The van der Waals surface area contributed by atoms with E-state index in [0.717, 1.165) is 33.8 Å². The average molecular weight is 469 g/mol. The highest BCUT2D eigenvalue weighted by molar-refractivity contribution is 8.03. The summed E-state index contributed by atoms with van der Waals surface area (Å²) in [5, 5.41) is 11.9.